The van der Waals surface area contributed by atoms with Crippen LogP contribution in [0.1, 0.15) is 25.7 Å². The summed E-state index contributed by atoms with van der Waals surface area (Å²) >= 11 is 16.1. The van der Waals surface area contributed by atoms with Gasteiger partial charge in [-0.25, -0.2) is 19.9 Å². The van der Waals surface area contributed by atoms with E-state index in [2.05, 4.69) is 67.0 Å². The highest BCUT2D eigenvalue weighted by Gasteiger charge is 2.23. The van der Waals surface area contributed by atoms with Crippen molar-refractivity contribution >= 4 is 92.4 Å². The minimum atomic E-state index is 0.503. The predicted octanol–water partition coefficient (Wildman–Crippen LogP) is 6.89. The van der Waals surface area contributed by atoms with E-state index in [1.54, 1.807) is 29.0 Å². The second kappa shape index (κ2) is 12.7. The first kappa shape index (κ1) is 26.6. The molecule has 192 valence electrons. The van der Waals surface area contributed by atoms with Gasteiger partial charge in [-0.1, -0.05) is 11.6 Å². The number of aromatic nitrogens is 4. The molecule has 6 rings (SSSR count). The van der Waals surface area contributed by atoms with Crippen LogP contribution in [0.15, 0.2) is 32.4 Å². The van der Waals surface area contributed by atoms with Crippen LogP contribution in [0.3, 0.4) is 0 Å². The average molecular weight is 675 g/mol. The normalized spacial score (nSPS) is 17.1. The highest BCUT2D eigenvalue weighted by Crippen LogP contribution is 2.36. The fourth-order valence-electron chi connectivity index (χ4n) is 4.63. The molecular formula is C24H27Br2ClN6OS2. The monoisotopic (exact) mass is 672 g/mol. The lowest BCUT2D eigenvalue weighted by Gasteiger charge is -2.33. The Morgan fingerprint density at radius 3 is 2.22 bits per heavy atom. The molecule has 2 saturated heterocycles. The fraction of sp³-hybridized carbons (Fsp3) is 0.500. The molecule has 0 radical (unpaired) electrons. The van der Waals surface area contributed by atoms with Crippen LogP contribution in [0.25, 0.3) is 20.4 Å². The average Bonchev–Trinajstić information content (AvgIpc) is 3.64. The van der Waals surface area contributed by atoms with Crippen LogP contribution in [0, 0.1) is 5.92 Å². The van der Waals surface area contributed by atoms with Crippen molar-refractivity contribution in [3.05, 3.63) is 37.5 Å². The molecule has 0 N–H and O–H groups in total. The Hall–Kier alpha value is -0.950. The second-order valence-electron chi connectivity index (χ2n) is 8.94. The van der Waals surface area contributed by atoms with Gasteiger partial charge < -0.3 is 14.5 Å². The van der Waals surface area contributed by atoms with Gasteiger partial charge in [-0.2, -0.15) is 0 Å². The number of ether oxygens (including phenoxy) is 1. The second-order valence-corrected chi connectivity index (χ2v) is 12.7. The van der Waals surface area contributed by atoms with Crippen molar-refractivity contribution in [2.75, 3.05) is 50.8 Å². The first-order valence-electron chi connectivity index (χ1n) is 12.1. The van der Waals surface area contributed by atoms with Gasteiger partial charge in [0.15, 0.2) is 0 Å². The molecule has 36 heavy (non-hydrogen) atoms. The third-order valence-corrected chi connectivity index (χ3v) is 10.5. The third-order valence-electron chi connectivity index (χ3n) is 6.60. The number of thiophene rings is 2. The van der Waals surface area contributed by atoms with E-state index in [4.69, 9.17) is 16.3 Å². The van der Waals surface area contributed by atoms with Gasteiger partial charge in [0.25, 0.3) is 0 Å². The van der Waals surface area contributed by atoms with E-state index in [-0.39, 0.29) is 0 Å². The van der Waals surface area contributed by atoms with E-state index in [0.717, 1.165) is 68.0 Å². The summed E-state index contributed by atoms with van der Waals surface area (Å²) in [5.41, 5.74) is 0. The SMILES string of the molecule is Brc1csc2ncnc(N3CCC(COCCN4CCCC4)CC3)c12.Clc1ncnc2scc(Br)c12. The fourth-order valence-corrected chi connectivity index (χ4v) is 8.13. The van der Waals surface area contributed by atoms with E-state index in [1.165, 1.54) is 45.1 Å². The zero-order valence-corrected chi connectivity index (χ0v) is 25.3. The first-order chi connectivity index (χ1) is 17.6. The highest BCUT2D eigenvalue weighted by molar-refractivity contribution is 9.11. The minimum Gasteiger partial charge on any atom is -0.380 e. The summed E-state index contributed by atoms with van der Waals surface area (Å²) in [6, 6.07) is 0. The van der Waals surface area contributed by atoms with E-state index < -0.39 is 0 Å². The van der Waals surface area contributed by atoms with E-state index in [9.17, 15) is 0 Å². The lowest BCUT2D eigenvalue weighted by molar-refractivity contribution is 0.0753. The number of anilines is 1. The van der Waals surface area contributed by atoms with Crippen molar-refractivity contribution in [1.82, 2.24) is 24.8 Å². The molecule has 4 aromatic heterocycles. The van der Waals surface area contributed by atoms with Gasteiger partial charge in [0, 0.05) is 45.9 Å². The third kappa shape index (κ3) is 6.36. The molecule has 0 amide bonds. The van der Waals surface area contributed by atoms with Gasteiger partial charge in [0.1, 0.15) is 33.3 Å². The molecule has 0 unspecified atom stereocenters. The number of likely N-dealkylation sites (tertiary alicyclic amines) is 1. The summed E-state index contributed by atoms with van der Waals surface area (Å²) in [7, 11) is 0. The van der Waals surface area contributed by atoms with Crippen LogP contribution in [0.2, 0.25) is 5.15 Å². The van der Waals surface area contributed by atoms with Crippen LogP contribution in [-0.2, 0) is 4.74 Å². The molecule has 6 heterocycles. The van der Waals surface area contributed by atoms with Crippen molar-refractivity contribution in [2.45, 2.75) is 25.7 Å². The molecule has 2 aliphatic rings. The maximum atomic E-state index is 5.96. The molecular weight excluding hydrogens is 648 g/mol. The summed E-state index contributed by atoms with van der Waals surface area (Å²) in [5.74, 6) is 1.75. The predicted molar refractivity (Wildman–Crippen MR) is 157 cm³/mol. The van der Waals surface area contributed by atoms with Gasteiger partial charge in [0.2, 0.25) is 0 Å². The summed E-state index contributed by atoms with van der Waals surface area (Å²) in [6.45, 7) is 7.51. The van der Waals surface area contributed by atoms with Crippen LogP contribution in [-0.4, -0.2) is 70.8 Å². The molecule has 2 fully saturated rings. The summed E-state index contributed by atoms with van der Waals surface area (Å²) in [5, 5.41) is 6.62. The smallest absolute Gasteiger partial charge is 0.142 e. The van der Waals surface area contributed by atoms with E-state index >= 15 is 0 Å². The van der Waals surface area contributed by atoms with Crippen LogP contribution in [0.5, 0.6) is 0 Å². The van der Waals surface area contributed by atoms with Gasteiger partial charge in [-0.15, -0.1) is 22.7 Å². The molecule has 0 atom stereocenters. The topological polar surface area (TPSA) is 67.3 Å². The van der Waals surface area contributed by atoms with Gasteiger partial charge in [-0.3, -0.25) is 0 Å². The molecule has 2 aliphatic heterocycles. The number of fused-ring (bicyclic) bond motifs is 2. The Morgan fingerprint density at radius 1 is 0.889 bits per heavy atom. The molecule has 12 heteroatoms. The molecule has 0 aliphatic carbocycles. The van der Waals surface area contributed by atoms with Crippen molar-refractivity contribution < 1.29 is 4.74 Å². The van der Waals surface area contributed by atoms with Crippen molar-refractivity contribution in [2.24, 2.45) is 5.92 Å². The lowest BCUT2D eigenvalue weighted by atomic mass is 9.98. The highest BCUT2D eigenvalue weighted by atomic mass is 79.9. The number of hydrogen-bond donors (Lipinski definition) is 0. The van der Waals surface area contributed by atoms with Gasteiger partial charge in [0.05, 0.1) is 17.4 Å². The quantitative estimate of drug-likeness (QED) is 0.163. The zero-order chi connectivity index (χ0) is 24.9. The number of rotatable bonds is 6. The Kier molecular flexibility index (Phi) is 9.42. The summed E-state index contributed by atoms with van der Waals surface area (Å²) in [4.78, 5) is 23.8. The lowest BCUT2D eigenvalue weighted by Crippen LogP contribution is -2.36. The molecule has 7 nitrogen and oxygen atoms in total. The summed E-state index contributed by atoms with van der Waals surface area (Å²) < 4.78 is 8.03. The van der Waals surface area contributed by atoms with E-state index in [1.807, 2.05) is 5.38 Å². The maximum absolute atomic E-state index is 5.96. The summed E-state index contributed by atoms with van der Waals surface area (Å²) in [6.07, 6.45) is 8.22. The Morgan fingerprint density at radius 2 is 1.53 bits per heavy atom. The number of hydrogen-bond acceptors (Lipinski definition) is 9. The number of piperidine rings is 1. The standard InChI is InChI=1S/C18H25BrN4OS.C6H2BrClN2S/c19-15-12-25-18-16(15)17(20-13-21-18)23-7-3-14(4-8-23)11-24-10-9-22-5-1-2-6-22;7-3-1-11-6-4(3)5(8)9-2-10-6/h12-14H,1-11H2;1-2H. The molecule has 4 aromatic rings. The minimum absolute atomic E-state index is 0.503. The van der Waals surface area contributed by atoms with Crippen molar-refractivity contribution in [1.29, 1.82) is 0 Å². The largest absolute Gasteiger partial charge is 0.380 e. The number of nitrogens with zero attached hydrogens (tertiary/aromatic N) is 6. The zero-order valence-electron chi connectivity index (χ0n) is 19.7. The van der Waals surface area contributed by atoms with Crippen LogP contribution >= 0.6 is 66.1 Å². The van der Waals surface area contributed by atoms with Gasteiger partial charge >= 0.3 is 0 Å². The van der Waals surface area contributed by atoms with Crippen LogP contribution < -0.4 is 4.90 Å². The Balaban J connectivity index is 0.000000202. The van der Waals surface area contributed by atoms with E-state index in [0.29, 0.717) is 11.1 Å². The molecule has 0 spiro atoms. The molecule has 0 aromatic carbocycles. The number of halogens is 3. The Labute approximate surface area is 240 Å². The molecule has 0 bridgehead atoms. The first-order valence-corrected chi connectivity index (χ1v) is 15.8. The molecule has 0 saturated carbocycles. The van der Waals surface area contributed by atoms with Gasteiger partial charge in [-0.05, 0) is 76.6 Å². The maximum Gasteiger partial charge on any atom is 0.142 e. The van der Waals surface area contributed by atoms with Crippen molar-refractivity contribution in [3.8, 4) is 0 Å². The van der Waals surface area contributed by atoms with Crippen molar-refractivity contribution in [3.63, 3.8) is 0 Å². The van der Waals surface area contributed by atoms with Crippen LogP contribution in [0.4, 0.5) is 5.82 Å². The Bertz CT molecular complexity index is 1290.